The lowest BCUT2D eigenvalue weighted by atomic mass is 10.2. The van der Waals surface area contributed by atoms with E-state index < -0.39 is 12.5 Å². The Morgan fingerprint density at radius 3 is 2.80 bits per heavy atom. The number of thioether (sulfide) groups is 1. The van der Waals surface area contributed by atoms with Crippen LogP contribution in [0.4, 0.5) is 19.3 Å². The molecule has 1 unspecified atom stereocenters. The number of rotatable bonds is 7. The predicted octanol–water partition coefficient (Wildman–Crippen LogP) is 2.86. The predicted molar refractivity (Wildman–Crippen MR) is 77.4 cm³/mol. The average molecular weight is 304 g/mol. The topological polar surface area (TPSA) is 61.4 Å². The van der Waals surface area contributed by atoms with Crippen LogP contribution in [0.15, 0.2) is 24.3 Å². The highest BCUT2D eigenvalue weighted by molar-refractivity contribution is 7.98. The summed E-state index contributed by atoms with van der Waals surface area (Å²) in [7, 11) is 0. The molecule has 1 atom stereocenters. The minimum absolute atomic E-state index is 0.0215. The number of nitrogens with one attached hydrogen (secondary N) is 2. The summed E-state index contributed by atoms with van der Waals surface area (Å²) in [4.78, 5) is 11.8. The SMILES string of the molecule is CSCC(CCO)NC(=O)Nc1cccc(C(F)F)c1. The molecular formula is C13H18F2N2O2S. The first-order chi connectivity index (χ1) is 9.56. The van der Waals surface area contributed by atoms with Gasteiger partial charge in [0.15, 0.2) is 0 Å². The minimum Gasteiger partial charge on any atom is -0.396 e. The van der Waals surface area contributed by atoms with Crippen LogP contribution >= 0.6 is 11.8 Å². The fourth-order valence-corrected chi connectivity index (χ4v) is 2.31. The molecule has 1 aromatic carbocycles. The number of hydrogen-bond donors (Lipinski definition) is 3. The van der Waals surface area contributed by atoms with Crippen molar-refractivity contribution >= 4 is 23.5 Å². The smallest absolute Gasteiger partial charge is 0.319 e. The van der Waals surface area contributed by atoms with Crippen molar-refractivity contribution in [3.8, 4) is 0 Å². The van der Waals surface area contributed by atoms with Crippen LogP contribution in [0.3, 0.4) is 0 Å². The highest BCUT2D eigenvalue weighted by atomic mass is 32.2. The van der Waals surface area contributed by atoms with Gasteiger partial charge in [-0.1, -0.05) is 12.1 Å². The van der Waals surface area contributed by atoms with E-state index in [0.29, 0.717) is 17.9 Å². The van der Waals surface area contributed by atoms with Gasteiger partial charge in [-0.3, -0.25) is 0 Å². The third-order valence-corrected chi connectivity index (χ3v) is 3.31. The van der Waals surface area contributed by atoms with Crippen molar-refractivity contribution in [2.24, 2.45) is 0 Å². The molecule has 0 saturated heterocycles. The van der Waals surface area contributed by atoms with Gasteiger partial charge in [-0.05, 0) is 24.8 Å². The molecule has 0 radical (unpaired) electrons. The van der Waals surface area contributed by atoms with Crippen molar-refractivity contribution in [3.63, 3.8) is 0 Å². The molecule has 3 N–H and O–H groups in total. The van der Waals surface area contributed by atoms with E-state index in [1.165, 1.54) is 18.2 Å². The summed E-state index contributed by atoms with van der Waals surface area (Å²) in [6.07, 6.45) is -0.222. The summed E-state index contributed by atoms with van der Waals surface area (Å²) >= 11 is 1.55. The summed E-state index contributed by atoms with van der Waals surface area (Å²) in [5, 5.41) is 14.1. The van der Waals surface area contributed by atoms with Crippen LogP contribution in [-0.2, 0) is 0 Å². The molecule has 0 aliphatic heterocycles. The van der Waals surface area contributed by atoms with Crippen LogP contribution < -0.4 is 10.6 Å². The molecule has 7 heteroatoms. The van der Waals surface area contributed by atoms with Gasteiger partial charge in [0.05, 0.1) is 0 Å². The Labute approximate surface area is 120 Å². The molecule has 112 valence electrons. The van der Waals surface area contributed by atoms with Gasteiger partial charge in [-0.2, -0.15) is 11.8 Å². The maximum atomic E-state index is 12.5. The number of aliphatic hydroxyl groups is 1. The second-order valence-electron chi connectivity index (χ2n) is 4.19. The highest BCUT2D eigenvalue weighted by Gasteiger charge is 2.12. The van der Waals surface area contributed by atoms with Crippen LogP contribution in [0.2, 0.25) is 0 Å². The molecule has 0 bridgehead atoms. The molecule has 1 rings (SSSR count). The van der Waals surface area contributed by atoms with E-state index in [2.05, 4.69) is 10.6 Å². The monoisotopic (exact) mass is 304 g/mol. The van der Waals surface area contributed by atoms with Gasteiger partial charge in [0.2, 0.25) is 0 Å². The zero-order chi connectivity index (χ0) is 15.0. The summed E-state index contributed by atoms with van der Waals surface area (Å²) < 4.78 is 25.1. The zero-order valence-corrected chi connectivity index (χ0v) is 11.9. The van der Waals surface area contributed by atoms with Crippen LogP contribution in [-0.4, -0.2) is 35.8 Å². The molecule has 0 saturated carbocycles. The fraction of sp³-hybridized carbons (Fsp3) is 0.462. The number of benzene rings is 1. The number of halogens is 2. The summed E-state index contributed by atoms with van der Waals surface area (Å²) in [5.74, 6) is 0.672. The molecule has 0 heterocycles. The summed E-state index contributed by atoms with van der Waals surface area (Å²) in [6, 6.07) is 4.92. The van der Waals surface area contributed by atoms with Crippen LogP contribution in [0, 0.1) is 0 Å². The molecule has 20 heavy (non-hydrogen) atoms. The van der Waals surface area contributed by atoms with Gasteiger partial charge in [0, 0.05) is 29.7 Å². The molecule has 0 spiro atoms. The Morgan fingerprint density at radius 2 is 2.20 bits per heavy atom. The molecule has 4 nitrogen and oxygen atoms in total. The van der Waals surface area contributed by atoms with Gasteiger partial charge in [0.25, 0.3) is 6.43 Å². The normalized spacial score (nSPS) is 12.2. The van der Waals surface area contributed by atoms with Gasteiger partial charge in [-0.15, -0.1) is 0 Å². The molecule has 1 aromatic rings. The molecule has 2 amide bonds. The lowest BCUT2D eigenvalue weighted by Crippen LogP contribution is -2.40. The van der Waals surface area contributed by atoms with Crippen molar-refractivity contribution < 1.29 is 18.7 Å². The third-order valence-electron chi connectivity index (χ3n) is 2.58. The van der Waals surface area contributed by atoms with Crippen molar-refractivity contribution in [1.29, 1.82) is 0 Å². The van der Waals surface area contributed by atoms with Crippen LogP contribution in [0.1, 0.15) is 18.4 Å². The van der Waals surface area contributed by atoms with Crippen LogP contribution in [0.5, 0.6) is 0 Å². The van der Waals surface area contributed by atoms with Crippen molar-refractivity contribution in [3.05, 3.63) is 29.8 Å². The highest BCUT2D eigenvalue weighted by Crippen LogP contribution is 2.21. The minimum atomic E-state index is -2.57. The Kier molecular flexibility index (Phi) is 7.32. The molecule has 0 fully saturated rings. The van der Waals surface area contributed by atoms with Gasteiger partial charge in [-0.25, -0.2) is 13.6 Å². The maximum absolute atomic E-state index is 12.5. The molecular weight excluding hydrogens is 286 g/mol. The average Bonchev–Trinajstić information content (AvgIpc) is 2.39. The largest absolute Gasteiger partial charge is 0.396 e. The molecule has 0 aliphatic carbocycles. The second kappa shape index (κ2) is 8.76. The zero-order valence-electron chi connectivity index (χ0n) is 11.1. The number of carbonyl (C=O) groups excluding carboxylic acids is 1. The number of anilines is 1. The summed E-state index contributed by atoms with van der Waals surface area (Å²) in [5.41, 5.74) is 0.172. The van der Waals surface area contributed by atoms with E-state index in [4.69, 9.17) is 5.11 Å². The maximum Gasteiger partial charge on any atom is 0.319 e. The lowest BCUT2D eigenvalue weighted by Gasteiger charge is -2.17. The van der Waals surface area contributed by atoms with E-state index in [1.54, 1.807) is 17.8 Å². The number of amides is 2. The Balaban J connectivity index is 2.58. The fourth-order valence-electron chi connectivity index (χ4n) is 1.66. The number of carbonyl (C=O) groups is 1. The van der Waals surface area contributed by atoms with Crippen LogP contribution in [0.25, 0.3) is 0 Å². The number of urea groups is 1. The Hall–Kier alpha value is -1.34. The second-order valence-corrected chi connectivity index (χ2v) is 5.10. The van der Waals surface area contributed by atoms with Crippen molar-refractivity contribution in [1.82, 2.24) is 5.32 Å². The first-order valence-electron chi connectivity index (χ1n) is 6.12. The Bertz CT molecular complexity index is 427. The molecule has 0 aliphatic rings. The Morgan fingerprint density at radius 1 is 1.45 bits per heavy atom. The quantitative estimate of drug-likeness (QED) is 0.726. The third kappa shape index (κ3) is 5.75. The van der Waals surface area contributed by atoms with Gasteiger partial charge in [0.1, 0.15) is 0 Å². The van der Waals surface area contributed by atoms with E-state index >= 15 is 0 Å². The van der Waals surface area contributed by atoms with E-state index in [-0.39, 0.29) is 18.2 Å². The summed E-state index contributed by atoms with van der Waals surface area (Å²) in [6.45, 7) is -0.0215. The van der Waals surface area contributed by atoms with Gasteiger partial charge < -0.3 is 15.7 Å². The van der Waals surface area contributed by atoms with Crippen molar-refractivity contribution in [2.75, 3.05) is 23.9 Å². The molecule has 0 aromatic heterocycles. The van der Waals surface area contributed by atoms with E-state index in [9.17, 15) is 13.6 Å². The number of hydrogen-bond acceptors (Lipinski definition) is 3. The van der Waals surface area contributed by atoms with E-state index in [1.807, 2.05) is 6.26 Å². The van der Waals surface area contributed by atoms with E-state index in [0.717, 1.165) is 0 Å². The van der Waals surface area contributed by atoms with Crippen molar-refractivity contribution in [2.45, 2.75) is 18.9 Å². The first kappa shape index (κ1) is 16.7. The lowest BCUT2D eigenvalue weighted by molar-refractivity contribution is 0.151. The van der Waals surface area contributed by atoms with Gasteiger partial charge >= 0.3 is 6.03 Å². The number of aliphatic hydroxyl groups excluding tert-OH is 1. The standard InChI is InChI=1S/C13H18F2N2O2S/c1-20-8-11(5-6-18)17-13(19)16-10-4-2-3-9(7-10)12(14)15/h2-4,7,11-12,18H,5-6,8H2,1H3,(H2,16,17,19). The first-order valence-corrected chi connectivity index (χ1v) is 7.51. The number of alkyl halides is 2.